The van der Waals surface area contributed by atoms with Crippen molar-refractivity contribution in [1.29, 1.82) is 0 Å². The normalized spacial score (nSPS) is 11.3. The molecule has 0 radical (unpaired) electrons. The summed E-state index contributed by atoms with van der Waals surface area (Å²) in [6.07, 6.45) is 1.19. The van der Waals surface area contributed by atoms with Gasteiger partial charge in [-0.05, 0) is 39.5 Å². The van der Waals surface area contributed by atoms with Crippen LogP contribution in [-0.2, 0) is 13.1 Å². The van der Waals surface area contributed by atoms with Crippen LogP contribution in [0.3, 0.4) is 0 Å². The third kappa shape index (κ3) is 3.99. The SMILES string of the molecule is CCCN(C)Cc1cc(CNCC)oc1C. The Labute approximate surface area is 98.8 Å². The Morgan fingerprint density at radius 2 is 2.12 bits per heavy atom. The van der Waals surface area contributed by atoms with Gasteiger partial charge in [0.1, 0.15) is 11.5 Å². The van der Waals surface area contributed by atoms with Crippen LogP contribution in [0.15, 0.2) is 10.5 Å². The highest BCUT2D eigenvalue weighted by molar-refractivity contribution is 5.20. The highest BCUT2D eigenvalue weighted by Crippen LogP contribution is 2.16. The maximum absolute atomic E-state index is 5.71. The van der Waals surface area contributed by atoms with Crippen molar-refractivity contribution < 1.29 is 4.42 Å². The van der Waals surface area contributed by atoms with Gasteiger partial charge in [-0.3, -0.25) is 0 Å². The molecule has 0 aliphatic heterocycles. The summed E-state index contributed by atoms with van der Waals surface area (Å²) in [6.45, 7) is 10.3. The first-order chi connectivity index (χ1) is 7.67. The Balaban J connectivity index is 2.55. The van der Waals surface area contributed by atoms with Crippen molar-refractivity contribution in [2.75, 3.05) is 20.1 Å². The molecule has 0 unspecified atom stereocenters. The van der Waals surface area contributed by atoms with E-state index in [9.17, 15) is 0 Å². The van der Waals surface area contributed by atoms with Crippen LogP contribution in [0.4, 0.5) is 0 Å². The molecule has 3 nitrogen and oxygen atoms in total. The van der Waals surface area contributed by atoms with Crippen molar-refractivity contribution in [3.8, 4) is 0 Å². The average Bonchev–Trinajstić information content (AvgIpc) is 2.57. The second kappa shape index (κ2) is 6.71. The maximum atomic E-state index is 5.71. The first-order valence-electron chi connectivity index (χ1n) is 6.14. The zero-order valence-electron chi connectivity index (χ0n) is 11.0. The van der Waals surface area contributed by atoms with E-state index in [0.29, 0.717) is 0 Å². The van der Waals surface area contributed by atoms with E-state index in [0.717, 1.165) is 37.7 Å². The van der Waals surface area contributed by atoms with E-state index >= 15 is 0 Å². The summed E-state index contributed by atoms with van der Waals surface area (Å²) < 4.78 is 5.71. The molecule has 1 aromatic heterocycles. The van der Waals surface area contributed by atoms with Gasteiger partial charge in [0.15, 0.2) is 0 Å². The summed E-state index contributed by atoms with van der Waals surface area (Å²) in [7, 11) is 2.15. The summed E-state index contributed by atoms with van der Waals surface area (Å²) in [4.78, 5) is 2.33. The van der Waals surface area contributed by atoms with E-state index in [4.69, 9.17) is 4.42 Å². The van der Waals surface area contributed by atoms with Gasteiger partial charge in [0.2, 0.25) is 0 Å². The van der Waals surface area contributed by atoms with Gasteiger partial charge in [0, 0.05) is 12.1 Å². The smallest absolute Gasteiger partial charge is 0.118 e. The van der Waals surface area contributed by atoms with Crippen molar-refractivity contribution in [3.63, 3.8) is 0 Å². The number of hydrogen-bond acceptors (Lipinski definition) is 3. The summed E-state index contributed by atoms with van der Waals surface area (Å²) in [5, 5.41) is 3.28. The lowest BCUT2D eigenvalue weighted by Gasteiger charge is -2.14. The van der Waals surface area contributed by atoms with Crippen LogP contribution in [0.1, 0.15) is 37.4 Å². The minimum atomic E-state index is 0.828. The van der Waals surface area contributed by atoms with Crippen LogP contribution >= 0.6 is 0 Å². The number of nitrogens with one attached hydrogen (secondary N) is 1. The molecule has 0 amide bonds. The molecule has 3 heteroatoms. The highest BCUT2D eigenvalue weighted by atomic mass is 16.3. The minimum absolute atomic E-state index is 0.828. The Morgan fingerprint density at radius 3 is 2.75 bits per heavy atom. The predicted octanol–water partition coefficient (Wildman–Crippen LogP) is 2.54. The fourth-order valence-corrected chi connectivity index (χ4v) is 1.83. The minimum Gasteiger partial charge on any atom is -0.465 e. The molecule has 0 aromatic carbocycles. The molecule has 1 aromatic rings. The third-order valence-corrected chi connectivity index (χ3v) is 2.67. The molecular formula is C13H24N2O. The summed E-state index contributed by atoms with van der Waals surface area (Å²) in [5.41, 5.74) is 1.31. The molecule has 1 rings (SSSR count). The van der Waals surface area contributed by atoms with Gasteiger partial charge in [-0.15, -0.1) is 0 Å². The van der Waals surface area contributed by atoms with Crippen molar-refractivity contribution in [2.24, 2.45) is 0 Å². The Bertz CT molecular complexity index is 307. The van der Waals surface area contributed by atoms with Crippen LogP contribution in [0.25, 0.3) is 0 Å². The molecule has 0 bridgehead atoms. The van der Waals surface area contributed by atoms with E-state index in [2.05, 4.69) is 37.2 Å². The highest BCUT2D eigenvalue weighted by Gasteiger charge is 2.08. The molecular weight excluding hydrogens is 200 g/mol. The van der Waals surface area contributed by atoms with Crippen LogP contribution in [0, 0.1) is 6.92 Å². The third-order valence-electron chi connectivity index (χ3n) is 2.67. The van der Waals surface area contributed by atoms with Gasteiger partial charge in [0.25, 0.3) is 0 Å². The molecule has 1 N–H and O–H groups in total. The quantitative estimate of drug-likeness (QED) is 0.771. The van der Waals surface area contributed by atoms with Crippen molar-refractivity contribution in [2.45, 2.75) is 40.3 Å². The number of rotatable bonds is 7. The van der Waals surface area contributed by atoms with Gasteiger partial charge in [-0.25, -0.2) is 0 Å². The fraction of sp³-hybridized carbons (Fsp3) is 0.692. The van der Waals surface area contributed by atoms with Gasteiger partial charge in [0.05, 0.1) is 6.54 Å². The zero-order valence-corrected chi connectivity index (χ0v) is 11.0. The lowest BCUT2D eigenvalue weighted by atomic mass is 10.2. The first kappa shape index (κ1) is 13.3. The monoisotopic (exact) mass is 224 g/mol. The molecule has 0 spiro atoms. The fourth-order valence-electron chi connectivity index (χ4n) is 1.83. The predicted molar refractivity (Wildman–Crippen MR) is 67.5 cm³/mol. The molecule has 92 valence electrons. The summed E-state index contributed by atoms with van der Waals surface area (Å²) in [6, 6.07) is 2.17. The Morgan fingerprint density at radius 1 is 1.38 bits per heavy atom. The van der Waals surface area contributed by atoms with Crippen LogP contribution in [0.2, 0.25) is 0 Å². The topological polar surface area (TPSA) is 28.4 Å². The van der Waals surface area contributed by atoms with E-state index in [1.165, 1.54) is 12.0 Å². The molecule has 1 heterocycles. The molecule has 0 aliphatic carbocycles. The van der Waals surface area contributed by atoms with Gasteiger partial charge >= 0.3 is 0 Å². The Kier molecular flexibility index (Phi) is 5.56. The summed E-state index contributed by atoms with van der Waals surface area (Å²) in [5.74, 6) is 2.09. The number of hydrogen-bond donors (Lipinski definition) is 1. The van der Waals surface area contributed by atoms with Gasteiger partial charge < -0.3 is 14.6 Å². The lowest BCUT2D eigenvalue weighted by Crippen LogP contribution is -2.18. The number of aryl methyl sites for hydroxylation is 1. The largest absolute Gasteiger partial charge is 0.465 e. The number of furan rings is 1. The van der Waals surface area contributed by atoms with Crippen LogP contribution in [0.5, 0.6) is 0 Å². The van der Waals surface area contributed by atoms with Gasteiger partial charge in [-0.2, -0.15) is 0 Å². The summed E-state index contributed by atoms with van der Waals surface area (Å²) >= 11 is 0. The molecule has 16 heavy (non-hydrogen) atoms. The van der Waals surface area contributed by atoms with E-state index in [1.807, 2.05) is 6.92 Å². The lowest BCUT2D eigenvalue weighted by molar-refractivity contribution is 0.324. The van der Waals surface area contributed by atoms with Crippen molar-refractivity contribution in [1.82, 2.24) is 10.2 Å². The Hall–Kier alpha value is -0.800. The first-order valence-corrected chi connectivity index (χ1v) is 6.14. The molecule has 0 saturated carbocycles. The molecule has 0 atom stereocenters. The van der Waals surface area contributed by atoms with Crippen LogP contribution in [-0.4, -0.2) is 25.0 Å². The zero-order chi connectivity index (χ0) is 12.0. The number of nitrogens with zero attached hydrogens (tertiary/aromatic N) is 1. The maximum Gasteiger partial charge on any atom is 0.118 e. The standard InChI is InChI=1S/C13H24N2O/c1-5-7-15(4)10-12-8-13(9-14-6-2)16-11(12)3/h8,14H,5-7,9-10H2,1-4H3. The van der Waals surface area contributed by atoms with E-state index in [1.54, 1.807) is 0 Å². The second-order valence-electron chi connectivity index (χ2n) is 4.31. The van der Waals surface area contributed by atoms with Gasteiger partial charge in [-0.1, -0.05) is 13.8 Å². The van der Waals surface area contributed by atoms with E-state index in [-0.39, 0.29) is 0 Å². The van der Waals surface area contributed by atoms with E-state index < -0.39 is 0 Å². The molecule has 0 aliphatic rings. The second-order valence-corrected chi connectivity index (χ2v) is 4.31. The van der Waals surface area contributed by atoms with Crippen molar-refractivity contribution >= 4 is 0 Å². The van der Waals surface area contributed by atoms with Crippen molar-refractivity contribution in [3.05, 3.63) is 23.2 Å². The molecule has 0 saturated heterocycles. The average molecular weight is 224 g/mol. The molecule has 0 fully saturated rings. The van der Waals surface area contributed by atoms with Crippen LogP contribution < -0.4 is 5.32 Å².